The van der Waals surface area contributed by atoms with Crippen molar-refractivity contribution < 1.29 is 14.3 Å². The number of hydrogen-bond acceptors (Lipinski definition) is 4. The molecule has 1 saturated carbocycles. The molecule has 0 radical (unpaired) electrons. The van der Waals surface area contributed by atoms with Crippen LogP contribution in [0.25, 0.3) is 0 Å². The maximum atomic E-state index is 13.6. The molecule has 4 aliphatic heterocycles. The van der Waals surface area contributed by atoms with Crippen molar-refractivity contribution in [3.05, 3.63) is 35.4 Å². The van der Waals surface area contributed by atoms with Gasteiger partial charge in [0.05, 0.1) is 6.61 Å². The number of amides is 2. The molecule has 4 heterocycles. The summed E-state index contributed by atoms with van der Waals surface area (Å²) in [6, 6.07) is 10.2. The van der Waals surface area contributed by atoms with Crippen molar-refractivity contribution >= 4 is 12.0 Å². The van der Waals surface area contributed by atoms with Crippen molar-refractivity contribution in [3.8, 4) is 0 Å². The van der Waals surface area contributed by atoms with E-state index in [1.54, 1.807) is 0 Å². The highest BCUT2D eigenvalue weighted by molar-refractivity contribution is 5.79. The van der Waals surface area contributed by atoms with E-state index in [9.17, 15) is 9.59 Å². The lowest BCUT2D eigenvalue weighted by molar-refractivity contribution is -0.139. The van der Waals surface area contributed by atoms with E-state index in [1.807, 2.05) is 6.92 Å². The van der Waals surface area contributed by atoms with Gasteiger partial charge >= 0.3 is 6.09 Å². The van der Waals surface area contributed by atoms with E-state index in [1.165, 1.54) is 30.4 Å². The molecule has 2 amide bonds. The Morgan fingerprint density at radius 2 is 1.64 bits per heavy atom. The van der Waals surface area contributed by atoms with Gasteiger partial charge in [0.15, 0.2) is 0 Å². The fourth-order valence-corrected chi connectivity index (χ4v) is 8.34. The number of benzene rings is 1. The van der Waals surface area contributed by atoms with E-state index in [0.717, 1.165) is 77.5 Å². The van der Waals surface area contributed by atoms with Crippen molar-refractivity contribution in [1.82, 2.24) is 14.7 Å². The second-order valence-corrected chi connectivity index (χ2v) is 12.1. The predicted molar refractivity (Wildman–Crippen MR) is 140 cm³/mol. The fourth-order valence-electron chi connectivity index (χ4n) is 8.34. The van der Waals surface area contributed by atoms with Gasteiger partial charge in [-0.2, -0.15) is 0 Å². The summed E-state index contributed by atoms with van der Waals surface area (Å²) in [6.07, 6.45) is 12.3. The van der Waals surface area contributed by atoms with Crippen LogP contribution in [-0.4, -0.2) is 71.1 Å². The van der Waals surface area contributed by atoms with Crippen LogP contribution >= 0.6 is 0 Å². The van der Waals surface area contributed by atoms with Crippen LogP contribution in [0.1, 0.15) is 88.7 Å². The number of nitrogens with zero attached hydrogens (tertiary/aromatic N) is 3. The maximum absolute atomic E-state index is 13.6. The zero-order chi connectivity index (χ0) is 24.7. The Morgan fingerprint density at radius 3 is 2.33 bits per heavy atom. The van der Waals surface area contributed by atoms with Crippen LogP contribution in [0.2, 0.25) is 0 Å². The number of ether oxygens (including phenoxy) is 1. The molecule has 4 fully saturated rings. The van der Waals surface area contributed by atoms with Gasteiger partial charge in [-0.15, -0.1) is 0 Å². The summed E-state index contributed by atoms with van der Waals surface area (Å²) in [7, 11) is 0. The summed E-state index contributed by atoms with van der Waals surface area (Å²) < 4.78 is 5.37. The summed E-state index contributed by atoms with van der Waals surface area (Å²) in [5.41, 5.74) is 2.94. The molecular weight excluding hydrogens is 450 g/mol. The largest absolute Gasteiger partial charge is 0.450 e. The SMILES string of the molecule is CCOC(=O)N1C2CCC1CC(N1CCC3(CC1)CN(C(=O)C1CCCCC1)Cc1ccccc13)C2. The second-order valence-electron chi connectivity index (χ2n) is 12.1. The van der Waals surface area contributed by atoms with E-state index >= 15 is 0 Å². The molecule has 1 spiro atoms. The third-order valence-corrected chi connectivity index (χ3v) is 10.2. The summed E-state index contributed by atoms with van der Waals surface area (Å²) in [5.74, 6) is 0.648. The second kappa shape index (κ2) is 10.00. The van der Waals surface area contributed by atoms with Gasteiger partial charge in [0.2, 0.25) is 5.91 Å². The molecule has 2 atom stereocenters. The number of fused-ring (bicyclic) bond motifs is 4. The molecule has 5 aliphatic rings. The standard InChI is InChI=1S/C30H43N3O3/c1-2-36-29(35)33-24-12-13-25(33)19-26(18-24)31-16-14-30(15-17-31)21-32(20-23-10-6-7-11-27(23)30)28(34)22-8-4-3-5-9-22/h6-7,10-11,22,24-26H,2-5,8-9,12-21H2,1H3. The normalized spacial score (nSPS) is 30.3. The van der Waals surface area contributed by atoms with Crippen molar-refractivity contribution in [3.63, 3.8) is 0 Å². The van der Waals surface area contributed by atoms with E-state index in [4.69, 9.17) is 4.74 Å². The van der Waals surface area contributed by atoms with Crippen molar-refractivity contribution in [1.29, 1.82) is 0 Å². The summed E-state index contributed by atoms with van der Waals surface area (Å²) in [6.45, 7) is 6.19. The summed E-state index contributed by atoms with van der Waals surface area (Å²) in [4.78, 5) is 33.1. The van der Waals surface area contributed by atoms with Crippen molar-refractivity contribution in [2.45, 2.75) is 108 Å². The Balaban J connectivity index is 1.15. The Kier molecular flexibility index (Phi) is 6.74. The first kappa shape index (κ1) is 24.3. The van der Waals surface area contributed by atoms with Gasteiger partial charge in [0, 0.05) is 42.5 Å². The fraction of sp³-hybridized carbons (Fsp3) is 0.733. The highest BCUT2D eigenvalue weighted by atomic mass is 16.6. The molecule has 1 aromatic carbocycles. The highest BCUT2D eigenvalue weighted by Gasteiger charge is 2.48. The monoisotopic (exact) mass is 493 g/mol. The van der Waals surface area contributed by atoms with E-state index in [2.05, 4.69) is 39.0 Å². The first-order valence-electron chi connectivity index (χ1n) is 14.6. The lowest BCUT2D eigenvalue weighted by Crippen LogP contribution is -2.58. The molecule has 36 heavy (non-hydrogen) atoms. The van der Waals surface area contributed by atoms with Gasteiger partial charge in [0.25, 0.3) is 0 Å². The van der Waals surface area contributed by atoms with Crippen LogP contribution in [0.4, 0.5) is 4.79 Å². The minimum Gasteiger partial charge on any atom is -0.450 e. The molecule has 0 N–H and O–H groups in total. The van der Waals surface area contributed by atoms with E-state index < -0.39 is 0 Å². The topological polar surface area (TPSA) is 53.1 Å². The van der Waals surface area contributed by atoms with Crippen molar-refractivity contribution in [2.75, 3.05) is 26.2 Å². The number of rotatable bonds is 3. The van der Waals surface area contributed by atoms with E-state index in [0.29, 0.717) is 30.6 Å². The van der Waals surface area contributed by atoms with Crippen LogP contribution in [0.3, 0.4) is 0 Å². The quantitative estimate of drug-likeness (QED) is 0.588. The Morgan fingerprint density at radius 1 is 0.944 bits per heavy atom. The minimum atomic E-state index is -0.109. The lowest BCUT2D eigenvalue weighted by Gasteiger charge is -2.51. The molecule has 6 heteroatoms. The third-order valence-electron chi connectivity index (χ3n) is 10.2. The molecule has 2 unspecified atom stereocenters. The smallest absolute Gasteiger partial charge is 0.410 e. The van der Waals surface area contributed by atoms with Crippen LogP contribution in [0, 0.1) is 5.92 Å². The molecule has 6 nitrogen and oxygen atoms in total. The zero-order valence-electron chi connectivity index (χ0n) is 22.0. The Labute approximate surface area is 216 Å². The molecule has 1 aromatic rings. The van der Waals surface area contributed by atoms with E-state index in [-0.39, 0.29) is 17.4 Å². The lowest BCUT2D eigenvalue weighted by atomic mass is 9.68. The van der Waals surface area contributed by atoms with Crippen molar-refractivity contribution in [2.24, 2.45) is 5.92 Å². The summed E-state index contributed by atoms with van der Waals surface area (Å²) in [5, 5.41) is 0. The minimum absolute atomic E-state index is 0.0836. The third kappa shape index (κ3) is 4.33. The van der Waals surface area contributed by atoms with Gasteiger partial charge in [-0.05, 0) is 82.5 Å². The first-order chi connectivity index (χ1) is 17.6. The van der Waals surface area contributed by atoms with Crippen LogP contribution in [-0.2, 0) is 21.5 Å². The number of likely N-dealkylation sites (tertiary alicyclic amines) is 1. The average Bonchev–Trinajstić information content (AvgIpc) is 3.19. The maximum Gasteiger partial charge on any atom is 0.410 e. The molecule has 0 aromatic heterocycles. The van der Waals surface area contributed by atoms with Gasteiger partial charge < -0.3 is 19.4 Å². The first-order valence-corrected chi connectivity index (χ1v) is 14.6. The molecular formula is C30H43N3O3. The molecule has 1 aliphatic carbocycles. The number of piperidine rings is 2. The molecule has 3 saturated heterocycles. The number of carbonyl (C=O) groups is 2. The summed E-state index contributed by atoms with van der Waals surface area (Å²) >= 11 is 0. The number of hydrogen-bond donors (Lipinski definition) is 0. The van der Waals surface area contributed by atoms with Gasteiger partial charge in [-0.3, -0.25) is 4.79 Å². The molecule has 196 valence electrons. The van der Waals surface area contributed by atoms with Crippen LogP contribution in [0.5, 0.6) is 0 Å². The van der Waals surface area contributed by atoms with Gasteiger partial charge in [-0.25, -0.2) is 4.79 Å². The molecule has 6 rings (SSSR count). The predicted octanol–water partition coefficient (Wildman–Crippen LogP) is 5.09. The Bertz CT molecular complexity index is 952. The van der Waals surface area contributed by atoms with Gasteiger partial charge in [0.1, 0.15) is 0 Å². The van der Waals surface area contributed by atoms with Gasteiger partial charge in [-0.1, -0.05) is 43.5 Å². The van der Waals surface area contributed by atoms with Crippen LogP contribution < -0.4 is 0 Å². The zero-order valence-corrected chi connectivity index (χ0v) is 22.0. The van der Waals surface area contributed by atoms with Crippen LogP contribution in [0.15, 0.2) is 24.3 Å². The average molecular weight is 494 g/mol. The highest BCUT2D eigenvalue weighted by Crippen LogP contribution is 2.45. The molecule has 2 bridgehead atoms. The Hall–Kier alpha value is -2.08. The number of carbonyl (C=O) groups excluding carboxylic acids is 2.